The molecule has 150 valence electrons. The predicted octanol–water partition coefficient (Wildman–Crippen LogP) is 4.21. The number of fused-ring (bicyclic) bond motifs is 2. The molecule has 0 unspecified atom stereocenters. The number of amides is 3. The number of urea groups is 1. The lowest BCUT2D eigenvalue weighted by molar-refractivity contribution is -0.133. The Hall–Kier alpha value is -3.80. The number of carbonyl (C=O) groups excluding carboxylic acids is 2. The first-order chi connectivity index (χ1) is 14.7. The molecule has 3 aromatic carbocycles. The Morgan fingerprint density at radius 2 is 1.67 bits per heavy atom. The molecule has 2 aliphatic heterocycles. The highest BCUT2D eigenvalue weighted by molar-refractivity contribution is 6.07. The van der Waals surface area contributed by atoms with Crippen molar-refractivity contribution in [1.29, 1.82) is 0 Å². The van der Waals surface area contributed by atoms with E-state index in [1.807, 2.05) is 78.9 Å². The van der Waals surface area contributed by atoms with Gasteiger partial charge in [-0.2, -0.15) is 0 Å². The summed E-state index contributed by atoms with van der Waals surface area (Å²) in [7, 11) is 0. The van der Waals surface area contributed by atoms with Gasteiger partial charge in [0, 0.05) is 17.5 Å². The molecule has 1 spiro atoms. The van der Waals surface area contributed by atoms with E-state index in [9.17, 15) is 9.59 Å². The van der Waals surface area contributed by atoms with E-state index in [4.69, 9.17) is 9.47 Å². The molecular formula is C24H20N2O4. The number of rotatable bonds is 4. The fraction of sp³-hybridized carbons (Fsp3) is 0.167. The van der Waals surface area contributed by atoms with Gasteiger partial charge in [0.25, 0.3) is 5.91 Å². The van der Waals surface area contributed by atoms with Crippen LogP contribution in [0.5, 0.6) is 17.2 Å². The van der Waals surface area contributed by atoms with Crippen molar-refractivity contribution < 1.29 is 19.1 Å². The van der Waals surface area contributed by atoms with Gasteiger partial charge < -0.3 is 14.8 Å². The molecule has 1 saturated heterocycles. The first-order valence-corrected chi connectivity index (χ1v) is 9.85. The second-order valence-corrected chi connectivity index (χ2v) is 7.34. The molecule has 0 aromatic heterocycles. The summed E-state index contributed by atoms with van der Waals surface area (Å²) in [5.74, 6) is 1.67. The fourth-order valence-corrected chi connectivity index (χ4v) is 4.04. The molecule has 0 radical (unpaired) electrons. The minimum Gasteiger partial charge on any atom is -0.493 e. The average Bonchev–Trinajstić information content (AvgIpc) is 3.01. The maximum atomic E-state index is 13.5. The Bertz CT molecular complexity index is 1110. The lowest BCUT2D eigenvalue weighted by atomic mass is 9.84. The van der Waals surface area contributed by atoms with Gasteiger partial charge in [-0.1, -0.05) is 54.6 Å². The number of imide groups is 1. The molecule has 0 aliphatic carbocycles. The van der Waals surface area contributed by atoms with Crippen molar-refractivity contribution in [3.05, 3.63) is 90.0 Å². The highest BCUT2D eigenvalue weighted by atomic mass is 16.5. The molecule has 3 aromatic rings. The van der Waals surface area contributed by atoms with Gasteiger partial charge in [0.1, 0.15) is 17.2 Å². The highest BCUT2D eigenvalue weighted by Gasteiger charge is 2.54. The van der Waals surface area contributed by atoms with Gasteiger partial charge in [-0.25, -0.2) is 4.79 Å². The van der Waals surface area contributed by atoms with Crippen LogP contribution in [-0.2, 0) is 16.9 Å². The Morgan fingerprint density at radius 3 is 2.53 bits per heavy atom. The zero-order valence-corrected chi connectivity index (χ0v) is 16.2. The number of nitrogens with one attached hydrogen (secondary N) is 1. The van der Waals surface area contributed by atoms with Gasteiger partial charge in [-0.3, -0.25) is 9.69 Å². The second-order valence-electron chi connectivity index (χ2n) is 7.34. The summed E-state index contributed by atoms with van der Waals surface area (Å²) in [5, 5.41) is 2.93. The number of ether oxygens (including phenoxy) is 2. The van der Waals surface area contributed by atoms with Crippen LogP contribution in [0.25, 0.3) is 0 Å². The zero-order valence-electron chi connectivity index (χ0n) is 16.2. The van der Waals surface area contributed by atoms with Gasteiger partial charge >= 0.3 is 6.03 Å². The number of hydrogen-bond acceptors (Lipinski definition) is 4. The van der Waals surface area contributed by atoms with Crippen LogP contribution in [-0.4, -0.2) is 23.4 Å². The number of carbonyl (C=O) groups is 2. The van der Waals surface area contributed by atoms with Crippen LogP contribution in [0.2, 0.25) is 0 Å². The van der Waals surface area contributed by atoms with Crippen molar-refractivity contribution in [2.75, 3.05) is 6.61 Å². The summed E-state index contributed by atoms with van der Waals surface area (Å²) in [5.41, 5.74) is 0.370. The van der Waals surface area contributed by atoms with Gasteiger partial charge in [0.05, 0.1) is 13.2 Å². The maximum Gasteiger partial charge on any atom is 0.325 e. The molecule has 1 atom stereocenters. The minimum atomic E-state index is -1.08. The van der Waals surface area contributed by atoms with Crippen molar-refractivity contribution in [3.63, 3.8) is 0 Å². The number of para-hydroxylation sites is 3. The summed E-state index contributed by atoms with van der Waals surface area (Å²) in [6.07, 6.45) is 0.396. The molecule has 2 aliphatic rings. The first kappa shape index (κ1) is 18.2. The lowest BCUT2D eigenvalue weighted by Crippen LogP contribution is -2.47. The number of benzene rings is 3. The molecule has 2 heterocycles. The minimum absolute atomic E-state index is 0.123. The molecule has 5 rings (SSSR count). The molecule has 1 N–H and O–H groups in total. The van der Waals surface area contributed by atoms with E-state index < -0.39 is 11.6 Å². The third-order valence-corrected chi connectivity index (χ3v) is 5.53. The summed E-state index contributed by atoms with van der Waals surface area (Å²) in [6, 6.07) is 23.8. The van der Waals surface area contributed by atoms with Crippen LogP contribution in [0.1, 0.15) is 17.5 Å². The van der Waals surface area contributed by atoms with Crippen molar-refractivity contribution in [1.82, 2.24) is 10.2 Å². The van der Waals surface area contributed by atoms with Crippen LogP contribution in [0.4, 0.5) is 4.79 Å². The van der Waals surface area contributed by atoms with Crippen molar-refractivity contribution in [3.8, 4) is 17.2 Å². The average molecular weight is 400 g/mol. The van der Waals surface area contributed by atoms with Crippen LogP contribution in [0.15, 0.2) is 78.9 Å². The first-order valence-electron chi connectivity index (χ1n) is 9.85. The molecular weight excluding hydrogens is 380 g/mol. The highest BCUT2D eigenvalue weighted by Crippen LogP contribution is 2.41. The van der Waals surface area contributed by atoms with Crippen LogP contribution >= 0.6 is 0 Å². The van der Waals surface area contributed by atoms with E-state index in [1.165, 1.54) is 4.90 Å². The van der Waals surface area contributed by atoms with Crippen LogP contribution in [0.3, 0.4) is 0 Å². The molecule has 0 bridgehead atoms. The summed E-state index contributed by atoms with van der Waals surface area (Å²) >= 11 is 0. The van der Waals surface area contributed by atoms with Crippen molar-refractivity contribution in [2.24, 2.45) is 0 Å². The third kappa shape index (κ3) is 2.97. The van der Waals surface area contributed by atoms with Crippen LogP contribution in [0, 0.1) is 0 Å². The Morgan fingerprint density at radius 1 is 0.933 bits per heavy atom. The van der Waals surface area contributed by atoms with E-state index in [0.717, 1.165) is 5.56 Å². The van der Waals surface area contributed by atoms with E-state index in [0.29, 0.717) is 35.8 Å². The topological polar surface area (TPSA) is 67.9 Å². The van der Waals surface area contributed by atoms with Gasteiger partial charge in [-0.05, 0) is 24.3 Å². The Balaban J connectivity index is 1.45. The van der Waals surface area contributed by atoms with E-state index >= 15 is 0 Å². The standard InChI is InChI=1S/C24H20N2O4/c27-22-24(14-15-29-21-13-7-5-11-19(21)24)25-23(28)26(22)16-17-8-4-6-12-20(17)30-18-9-2-1-3-10-18/h1-13H,14-16H2,(H,25,28)/t24-/m0/s1. The smallest absolute Gasteiger partial charge is 0.325 e. The van der Waals surface area contributed by atoms with E-state index in [1.54, 1.807) is 0 Å². The van der Waals surface area contributed by atoms with E-state index in [-0.39, 0.29) is 12.5 Å². The van der Waals surface area contributed by atoms with Gasteiger partial charge in [0.2, 0.25) is 0 Å². The van der Waals surface area contributed by atoms with Crippen LogP contribution < -0.4 is 14.8 Å². The van der Waals surface area contributed by atoms with E-state index in [2.05, 4.69) is 5.32 Å². The second kappa shape index (κ2) is 7.22. The monoisotopic (exact) mass is 400 g/mol. The predicted molar refractivity (Wildman–Crippen MR) is 110 cm³/mol. The summed E-state index contributed by atoms with van der Waals surface area (Å²) < 4.78 is 11.7. The normalized spacial score (nSPS) is 19.9. The number of nitrogens with zero attached hydrogens (tertiary/aromatic N) is 1. The summed E-state index contributed by atoms with van der Waals surface area (Å²) in [6.45, 7) is 0.489. The molecule has 6 nitrogen and oxygen atoms in total. The molecule has 6 heteroatoms. The maximum absolute atomic E-state index is 13.5. The number of hydrogen-bond donors (Lipinski definition) is 1. The van der Waals surface area contributed by atoms with Crippen molar-refractivity contribution in [2.45, 2.75) is 18.5 Å². The van der Waals surface area contributed by atoms with Gasteiger partial charge in [0.15, 0.2) is 5.54 Å². The van der Waals surface area contributed by atoms with Gasteiger partial charge in [-0.15, -0.1) is 0 Å². The quantitative estimate of drug-likeness (QED) is 0.666. The Labute approximate surface area is 174 Å². The zero-order chi connectivity index (χ0) is 20.6. The fourth-order valence-electron chi connectivity index (χ4n) is 4.04. The van der Waals surface area contributed by atoms with Crippen molar-refractivity contribution >= 4 is 11.9 Å². The molecule has 3 amide bonds. The molecule has 30 heavy (non-hydrogen) atoms. The SMILES string of the molecule is O=C1N[C@]2(CCOc3ccccc32)C(=O)N1Cc1ccccc1Oc1ccccc1. The Kier molecular flexibility index (Phi) is 4.39. The molecule has 1 fully saturated rings. The largest absolute Gasteiger partial charge is 0.493 e. The third-order valence-electron chi connectivity index (χ3n) is 5.53. The molecule has 0 saturated carbocycles. The summed E-state index contributed by atoms with van der Waals surface area (Å²) in [4.78, 5) is 27.6. The lowest BCUT2D eigenvalue weighted by Gasteiger charge is -2.33.